The average molecular weight is 457 g/mol. The molecule has 0 fully saturated rings. The normalized spacial score (nSPS) is 11.1. The van der Waals surface area contributed by atoms with Gasteiger partial charge in [-0.05, 0) is 55.8 Å². The van der Waals surface area contributed by atoms with E-state index in [1.165, 1.54) is 18.2 Å². The number of halogens is 1. The Kier molecular flexibility index (Phi) is 6.54. The lowest BCUT2D eigenvalue weighted by molar-refractivity contribution is -0.384. The van der Waals surface area contributed by atoms with Crippen LogP contribution in [0.2, 0.25) is 0 Å². The van der Waals surface area contributed by atoms with Gasteiger partial charge < -0.3 is 5.32 Å². The Labute approximate surface area is 184 Å². The van der Waals surface area contributed by atoms with Crippen LogP contribution in [0.3, 0.4) is 0 Å². The molecule has 1 N–H and O–H groups in total. The minimum Gasteiger partial charge on any atom is -0.324 e. The highest BCUT2D eigenvalue weighted by atomic mass is 32.2. The highest BCUT2D eigenvalue weighted by Gasteiger charge is 2.27. The Bertz CT molecular complexity index is 1260. The molecule has 0 aromatic heterocycles. The molecule has 0 unspecified atom stereocenters. The molecule has 10 heteroatoms. The predicted octanol–water partition coefficient (Wildman–Crippen LogP) is 4.18. The number of amides is 1. The van der Waals surface area contributed by atoms with Crippen molar-refractivity contribution in [2.75, 3.05) is 16.2 Å². The van der Waals surface area contributed by atoms with Crippen LogP contribution in [-0.4, -0.2) is 25.8 Å². The van der Waals surface area contributed by atoms with Crippen LogP contribution in [0, 0.1) is 29.8 Å². The maximum atomic E-state index is 13.3. The second kappa shape index (κ2) is 9.15. The molecule has 0 aliphatic heterocycles. The molecule has 0 spiro atoms. The number of non-ortho nitro benzene ring substituents is 1. The van der Waals surface area contributed by atoms with Crippen molar-refractivity contribution in [3.8, 4) is 0 Å². The number of benzene rings is 3. The summed E-state index contributed by atoms with van der Waals surface area (Å²) in [6, 6.07) is 14.8. The molecule has 32 heavy (non-hydrogen) atoms. The molecular formula is C22H20FN3O5S. The Morgan fingerprint density at radius 2 is 1.66 bits per heavy atom. The van der Waals surface area contributed by atoms with Gasteiger partial charge in [-0.25, -0.2) is 12.8 Å². The van der Waals surface area contributed by atoms with Crippen molar-refractivity contribution < 1.29 is 22.5 Å². The maximum Gasteiger partial charge on any atom is 0.271 e. The van der Waals surface area contributed by atoms with Crippen molar-refractivity contribution in [3.63, 3.8) is 0 Å². The number of carbonyl (C=O) groups is 1. The summed E-state index contributed by atoms with van der Waals surface area (Å²) in [6.45, 7) is 2.90. The van der Waals surface area contributed by atoms with Gasteiger partial charge in [0.2, 0.25) is 5.91 Å². The van der Waals surface area contributed by atoms with E-state index in [0.717, 1.165) is 34.1 Å². The van der Waals surface area contributed by atoms with Crippen molar-refractivity contribution in [2.24, 2.45) is 0 Å². The summed E-state index contributed by atoms with van der Waals surface area (Å²) in [5, 5.41) is 13.6. The lowest BCUT2D eigenvalue weighted by Gasteiger charge is -2.24. The minimum atomic E-state index is -4.21. The number of aryl methyl sites for hydroxylation is 2. The summed E-state index contributed by atoms with van der Waals surface area (Å²) in [7, 11) is -4.21. The van der Waals surface area contributed by atoms with Gasteiger partial charge in [0, 0.05) is 12.1 Å². The van der Waals surface area contributed by atoms with Gasteiger partial charge in [0.25, 0.3) is 15.7 Å². The summed E-state index contributed by atoms with van der Waals surface area (Å²) >= 11 is 0. The Balaban J connectivity index is 1.95. The fourth-order valence-corrected chi connectivity index (χ4v) is 4.36. The second-order valence-corrected chi connectivity index (χ2v) is 8.97. The third kappa shape index (κ3) is 5.09. The smallest absolute Gasteiger partial charge is 0.271 e. The van der Waals surface area contributed by atoms with Crippen LogP contribution in [-0.2, 0) is 14.8 Å². The molecular weight excluding hydrogens is 437 g/mol. The first-order valence-corrected chi connectivity index (χ1v) is 10.9. The SMILES string of the molecule is Cc1ccc(N(CC(=O)Nc2cc([N+](=O)[O-])ccc2C)S(=O)(=O)c2ccc(F)cc2)cc1. The third-order valence-corrected chi connectivity index (χ3v) is 6.50. The number of carbonyl (C=O) groups excluding carboxylic acids is 1. The summed E-state index contributed by atoms with van der Waals surface area (Å²) in [5.41, 5.74) is 1.70. The minimum absolute atomic E-state index is 0.182. The third-order valence-electron chi connectivity index (χ3n) is 4.72. The topological polar surface area (TPSA) is 110 Å². The van der Waals surface area contributed by atoms with Gasteiger partial charge in [-0.2, -0.15) is 0 Å². The molecule has 0 aliphatic rings. The molecule has 0 aliphatic carbocycles. The number of sulfonamides is 1. The van der Waals surface area contributed by atoms with E-state index < -0.39 is 33.2 Å². The van der Waals surface area contributed by atoms with Gasteiger partial charge in [0.15, 0.2) is 0 Å². The predicted molar refractivity (Wildman–Crippen MR) is 119 cm³/mol. The van der Waals surface area contributed by atoms with Crippen molar-refractivity contribution in [1.29, 1.82) is 0 Å². The molecule has 3 aromatic carbocycles. The van der Waals surface area contributed by atoms with Gasteiger partial charge in [0.1, 0.15) is 12.4 Å². The molecule has 0 atom stereocenters. The number of nitro groups is 1. The first-order chi connectivity index (χ1) is 15.1. The summed E-state index contributed by atoms with van der Waals surface area (Å²) in [4.78, 5) is 23.0. The van der Waals surface area contributed by atoms with E-state index in [0.29, 0.717) is 5.56 Å². The number of nitro benzene ring substituents is 1. The number of nitrogens with one attached hydrogen (secondary N) is 1. The quantitative estimate of drug-likeness (QED) is 0.423. The highest BCUT2D eigenvalue weighted by Crippen LogP contribution is 2.26. The zero-order valence-electron chi connectivity index (χ0n) is 17.3. The zero-order chi connectivity index (χ0) is 23.5. The van der Waals surface area contributed by atoms with E-state index in [4.69, 9.17) is 0 Å². The van der Waals surface area contributed by atoms with Gasteiger partial charge >= 0.3 is 0 Å². The highest BCUT2D eigenvalue weighted by molar-refractivity contribution is 7.92. The maximum absolute atomic E-state index is 13.3. The van der Waals surface area contributed by atoms with Crippen molar-refractivity contribution >= 4 is 33.0 Å². The lowest BCUT2D eigenvalue weighted by atomic mass is 10.2. The van der Waals surface area contributed by atoms with Crippen molar-refractivity contribution in [2.45, 2.75) is 18.7 Å². The van der Waals surface area contributed by atoms with Crippen molar-refractivity contribution in [3.05, 3.63) is 93.8 Å². The zero-order valence-corrected chi connectivity index (χ0v) is 18.1. The van der Waals surface area contributed by atoms with Crippen LogP contribution in [0.4, 0.5) is 21.5 Å². The van der Waals surface area contributed by atoms with Crippen LogP contribution < -0.4 is 9.62 Å². The van der Waals surface area contributed by atoms with E-state index >= 15 is 0 Å². The van der Waals surface area contributed by atoms with Crippen LogP contribution in [0.1, 0.15) is 11.1 Å². The number of nitrogens with zero attached hydrogens (tertiary/aromatic N) is 2. The summed E-state index contributed by atoms with van der Waals surface area (Å²) in [5.74, 6) is -1.29. The number of hydrogen-bond donors (Lipinski definition) is 1. The fourth-order valence-electron chi connectivity index (χ4n) is 2.94. The molecule has 0 heterocycles. The Hall–Kier alpha value is -3.79. The molecule has 0 saturated heterocycles. The van der Waals surface area contributed by atoms with Gasteiger partial charge in [0.05, 0.1) is 21.2 Å². The number of anilines is 2. The Morgan fingerprint density at radius 1 is 1.03 bits per heavy atom. The van der Waals surface area contributed by atoms with E-state index in [1.807, 2.05) is 6.92 Å². The van der Waals surface area contributed by atoms with E-state index in [2.05, 4.69) is 5.32 Å². The van der Waals surface area contributed by atoms with Crippen molar-refractivity contribution in [1.82, 2.24) is 0 Å². The van der Waals surface area contributed by atoms with Crippen LogP contribution in [0.25, 0.3) is 0 Å². The van der Waals surface area contributed by atoms with Crippen LogP contribution in [0.5, 0.6) is 0 Å². The first kappa shape index (κ1) is 22.9. The van der Waals surface area contributed by atoms with E-state index in [1.54, 1.807) is 31.2 Å². The largest absolute Gasteiger partial charge is 0.324 e. The average Bonchev–Trinajstić information content (AvgIpc) is 2.74. The first-order valence-electron chi connectivity index (χ1n) is 9.48. The molecule has 166 valence electrons. The van der Waals surface area contributed by atoms with Crippen LogP contribution >= 0.6 is 0 Å². The standard InChI is InChI=1S/C22H20FN3O5S/c1-15-3-8-18(9-4-15)25(32(30,31)20-11-6-17(23)7-12-20)14-22(27)24-21-13-19(26(28)29)10-5-16(21)2/h3-13H,14H2,1-2H3,(H,24,27). The lowest BCUT2D eigenvalue weighted by Crippen LogP contribution is -2.38. The molecule has 0 saturated carbocycles. The molecule has 8 nitrogen and oxygen atoms in total. The Morgan fingerprint density at radius 3 is 2.25 bits per heavy atom. The molecule has 3 rings (SSSR count). The summed E-state index contributed by atoms with van der Waals surface area (Å²) in [6.07, 6.45) is 0. The van der Waals surface area contributed by atoms with E-state index in [9.17, 15) is 27.7 Å². The number of hydrogen-bond acceptors (Lipinski definition) is 5. The monoisotopic (exact) mass is 457 g/mol. The number of rotatable bonds is 7. The second-order valence-electron chi connectivity index (χ2n) is 7.11. The fraction of sp³-hybridized carbons (Fsp3) is 0.136. The molecule has 3 aromatic rings. The summed E-state index contributed by atoms with van der Waals surface area (Å²) < 4.78 is 40.7. The van der Waals surface area contributed by atoms with Gasteiger partial charge in [-0.15, -0.1) is 0 Å². The molecule has 1 amide bonds. The van der Waals surface area contributed by atoms with Gasteiger partial charge in [-0.3, -0.25) is 19.2 Å². The van der Waals surface area contributed by atoms with E-state index in [-0.39, 0.29) is 22.0 Å². The van der Waals surface area contributed by atoms with Crippen LogP contribution in [0.15, 0.2) is 71.6 Å². The van der Waals surface area contributed by atoms with Gasteiger partial charge in [-0.1, -0.05) is 23.8 Å². The molecule has 0 radical (unpaired) electrons. The molecule has 0 bridgehead atoms.